The average molecular weight is 510 g/mol. The van der Waals surface area contributed by atoms with E-state index in [0.29, 0.717) is 25.8 Å². The van der Waals surface area contributed by atoms with Crippen molar-refractivity contribution < 1.29 is 23.9 Å². The molecule has 0 spiro atoms. The Morgan fingerprint density at radius 3 is 2.53 bits per heavy atom. The van der Waals surface area contributed by atoms with Crippen molar-refractivity contribution in [1.29, 1.82) is 10.8 Å². The van der Waals surface area contributed by atoms with Crippen LogP contribution in [0.4, 0.5) is 10.2 Å². The Balaban J connectivity index is 2.98. The number of carboxylic acids is 1. The average Bonchev–Trinajstić information content (AvgIpc) is 2.81. The van der Waals surface area contributed by atoms with E-state index in [9.17, 15) is 28.7 Å². The molecule has 12 nitrogen and oxygen atoms in total. The van der Waals surface area contributed by atoms with Gasteiger partial charge >= 0.3 is 5.97 Å². The van der Waals surface area contributed by atoms with Gasteiger partial charge in [0, 0.05) is 12.4 Å². The molecule has 0 aliphatic carbocycles. The van der Waals surface area contributed by atoms with Crippen LogP contribution in [0.5, 0.6) is 0 Å². The number of aromatic nitrogens is 2. The first-order valence-corrected chi connectivity index (χ1v) is 11.7. The van der Waals surface area contributed by atoms with E-state index in [2.05, 4.69) is 15.6 Å². The summed E-state index contributed by atoms with van der Waals surface area (Å²) in [6.07, 6.45) is 3.97. The zero-order chi connectivity index (χ0) is 27.3. The number of carbonyl (C=O) groups is 3. The minimum Gasteiger partial charge on any atom is -0.481 e. The van der Waals surface area contributed by atoms with Gasteiger partial charge in [0.05, 0.1) is 43.7 Å². The van der Waals surface area contributed by atoms with Crippen LogP contribution in [-0.2, 0) is 14.4 Å². The van der Waals surface area contributed by atoms with Crippen LogP contribution < -0.4 is 16.2 Å². The molecular weight excluding hydrogens is 473 g/mol. The van der Waals surface area contributed by atoms with Crippen molar-refractivity contribution in [2.75, 3.05) is 38.7 Å². The lowest BCUT2D eigenvalue weighted by Gasteiger charge is -2.24. The maximum absolute atomic E-state index is 13.1. The molecule has 1 aromatic heterocycles. The van der Waals surface area contributed by atoms with Crippen LogP contribution in [0.3, 0.4) is 0 Å². The van der Waals surface area contributed by atoms with Gasteiger partial charge in [0.1, 0.15) is 6.04 Å². The molecule has 5 N–H and O–H groups in total. The van der Waals surface area contributed by atoms with E-state index in [1.165, 1.54) is 19.3 Å². The number of ketones is 1. The summed E-state index contributed by atoms with van der Waals surface area (Å²) in [5.74, 6) is -2.55. The van der Waals surface area contributed by atoms with Crippen molar-refractivity contribution in [2.45, 2.75) is 58.0 Å². The van der Waals surface area contributed by atoms with Crippen LogP contribution in [0.1, 0.15) is 52.0 Å². The Morgan fingerprint density at radius 2 is 1.94 bits per heavy atom. The largest absolute Gasteiger partial charge is 0.481 e. The molecule has 0 saturated carbocycles. The second-order valence-electron chi connectivity index (χ2n) is 8.48. The molecule has 1 amide bonds. The number of Topliss-reactive ketones (excluding diaryl/α,β-unsaturated/α-hetero) is 1. The predicted molar refractivity (Wildman–Crippen MR) is 134 cm³/mol. The molecule has 1 aromatic rings. The molecule has 0 fully saturated rings. The highest BCUT2D eigenvalue weighted by Gasteiger charge is 2.29. The summed E-state index contributed by atoms with van der Waals surface area (Å²) >= 11 is 0. The van der Waals surface area contributed by atoms with Crippen molar-refractivity contribution in [3.63, 3.8) is 0 Å². The van der Waals surface area contributed by atoms with E-state index in [-0.39, 0.29) is 36.8 Å². The minimum atomic E-state index is -1.29. The van der Waals surface area contributed by atoms with Crippen molar-refractivity contribution >= 4 is 34.9 Å². The number of anilines is 1. The summed E-state index contributed by atoms with van der Waals surface area (Å²) in [4.78, 5) is 55.7. The zero-order valence-corrected chi connectivity index (χ0v) is 21.0. The maximum atomic E-state index is 13.1. The van der Waals surface area contributed by atoms with Gasteiger partial charge in [0.25, 0.3) is 5.56 Å². The highest BCUT2D eigenvalue weighted by Crippen LogP contribution is 2.11. The van der Waals surface area contributed by atoms with Crippen molar-refractivity contribution in [1.82, 2.24) is 19.8 Å². The van der Waals surface area contributed by atoms with Gasteiger partial charge in [-0.1, -0.05) is 6.92 Å². The summed E-state index contributed by atoms with van der Waals surface area (Å²) in [5, 5.41) is 29.6. The monoisotopic (exact) mass is 509 g/mol. The number of halogens is 1. The molecule has 0 aliphatic heterocycles. The Bertz CT molecular complexity index is 997. The van der Waals surface area contributed by atoms with Crippen LogP contribution in [0, 0.1) is 10.8 Å². The van der Waals surface area contributed by atoms with Gasteiger partial charge in [-0.3, -0.25) is 33.0 Å². The lowest BCUT2D eigenvalue weighted by atomic mass is 10.1. The molecule has 0 aliphatic rings. The summed E-state index contributed by atoms with van der Waals surface area (Å²) in [6.45, 7) is 3.04. The number of amides is 1. The van der Waals surface area contributed by atoms with Crippen LogP contribution in [-0.4, -0.2) is 88.0 Å². The van der Waals surface area contributed by atoms with Gasteiger partial charge in [-0.05, 0) is 46.2 Å². The molecular formula is C23H36FN7O5. The lowest BCUT2D eigenvalue weighted by molar-refractivity contribution is -0.140. The van der Waals surface area contributed by atoms with Crippen LogP contribution in [0.2, 0.25) is 0 Å². The molecule has 13 heteroatoms. The number of carboxylic acid groups (broad SMARTS) is 1. The highest BCUT2D eigenvalue weighted by molar-refractivity contribution is 6.40. The Morgan fingerprint density at radius 1 is 1.25 bits per heavy atom. The molecule has 1 rings (SSSR count). The van der Waals surface area contributed by atoms with Crippen LogP contribution in [0.15, 0.2) is 17.2 Å². The molecule has 0 bridgehead atoms. The van der Waals surface area contributed by atoms with Crippen LogP contribution in [0.25, 0.3) is 0 Å². The van der Waals surface area contributed by atoms with E-state index in [0.717, 1.165) is 4.57 Å². The molecule has 200 valence electrons. The molecule has 36 heavy (non-hydrogen) atoms. The van der Waals surface area contributed by atoms with E-state index in [1.807, 2.05) is 0 Å². The molecule has 2 unspecified atom stereocenters. The Labute approximate surface area is 209 Å². The number of nitrogens with one attached hydrogen (secondary N) is 4. The number of carbonyl (C=O) groups excluding carboxylic acids is 2. The smallest absolute Gasteiger partial charge is 0.305 e. The third kappa shape index (κ3) is 10.0. The normalized spacial score (nSPS) is 12.6. The first-order valence-electron chi connectivity index (χ1n) is 11.7. The molecule has 1 heterocycles. The number of likely N-dealkylation sites (N-methyl/N-ethyl adjacent to an activating group) is 1. The van der Waals surface area contributed by atoms with Gasteiger partial charge in [0.2, 0.25) is 5.91 Å². The van der Waals surface area contributed by atoms with E-state index in [4.69, 9.17) is 10.8 Å². The Hall–Kier alpha value is -3.48. The fourth-order valence-electron chi connectivity index (χ4n) is 3.40. The molecule has 2 atom stereocenters. The van der Waals surface area contributed by atoms with E-state index >= 15 is 0 Å². The number of rotatable bonds is 18. The fraction of sp³-hybridized carbons (Fsp3) is 0.609. The van der Waals surface area contributed by atoms with Crippen LogP contribution >= 0.6 is 0 Å². The summed E-state index contributed by atoms with van der Waals surface area (Å²) in [5.41, 5.74) is -0.632. The summed E-state index contributed by atoms with van der Waals surface area (Å²) in [7, 11) is 1.69. The number of aliphatic carboxylic acids is 1. The van der Waals surface area contributed by atoms with Gasteiger partial charge in [-0.15, -0.1) is 0 Å². The number of hydrogen-bond acceptors (Lipinski definition) is 9. The van der Waals surface area contributed by atoms with Crippen molar-refractivity contribution in [2.24, 2.45) is 0 Å². The minimum absolute atomic E-state index is 0.0289. The summed E-state index contributed by atoms with van der Waals surface area (Å²) in [6, 6.07) is -2.32. The second-order valence-corrected chi connectivity index (χ2v) is 8.48. The molecule has 0 saturated heterocycles. The lowest BCUT2D eigenvalue weighted by Crippen LogP contribution is -2.49. The first-order chi connectivity index (χ1) is 17.0. The number of nitrogens with zero attached hydrogens (tertiary/aromatic N) is 3. The first kappa shape index (κ1) is 30.6. The topological polar surface area (TPSA) is 181 Å². The number of hydrogen-bond donors (Lipinski definition) is 5. The van der Waals surface area contributed by atoms with E-state index in [1.54, 1.807) is 18.9 Å². The zero-order valence-electron chi connectivity index (χ0n) is 21.0. The SMILES string of the molecule is CCC(C(=O)NC(CC(=O)O)C(=O)CN(C)CCCCCF)n1ccnc(NCC(=N)C(C)=N)c1=O. The van der Waals surface area contributed by atoms with Gasteiger partial charge in [-0.25, -0.2) is 4.98 Å². The molecule has 0 radical (unpaired) electrons. The van der Waals surface area contributed by atoms with Gasteiger partial charge in [-0.2, -0.15) is 0 Å². The highest BCUT2D eigenvalue weighted by atomic mass is 19.1. The third-order valence-electron chi connectivity index (χ3n) is 5.46. The summed E-state index contributed by atoms with van der Waals surface area (Å²) < 4.78 is 13.4. The third-order valence-corrected chi connectivity index (χ3v) is 5.46. The predicted octanol–water partition coefficient (Wildman–Crippen LogP) is 1.27. The second kappa shape index (κ2) is 15.5. The van der Waals surface area contributed by atoms with Gasteiger partial charge in [0.15, 0.2) is 11.6 Å². The Kier molecular flexibility index (Phi) is 13.2. The van der Waals surface area contributed by atoms with E-state index < -0.39 is 48.4 Å². The standard InChI is InChI=1S/C23H36FN7O5/c1-4-18(31-11-9-27-21(23(31)36)28-13-16(26)15(2)25)22(35)29-17(12-20(33)34)19(32)14-30(3)10-7-5-6-8-24/h9,11,17-18,25-26H,4-8,10,12-14H2,1-3H3,(H,27,28)(H,29,35)(H,33,34). The maximum Gasteiger partial charge on any atom is 0.305 e. The quantitative estimate of drug-likeness (QED) is 0.145. The number of alkyl halides is 1. The van der Waals surface area contributed by atoms with Crippen molar-refractivity contribution in [3.05, 3.63) is 22.7 Å². The fourth-order valence-corrected chi connectivity index (χ4v) is 3.40. The van der Waals surface area contributed by atoms with Gasteiger partial charge < -0.3 is 26.6 Å². The number of unbranched alkanes of at least 4 members (excludes halogenated alkanes) is 2. The van der Waals surface area contributed by atoms with Crippen molar-refractivity contribution in [3.8, 4) is 0 Å². The molecule has 0 aromatic carbocycles.